The maximum absolute atomic E-state index is 6.30. The number of nitrogens with two attached hydrogens (primary N) is 2. The number of amidine groups is 2. The van der Waals surface area contributed by atoms with Gasteiger partial charge in [0.1, 0.15) is 11.7 Å². The summed E-state index contributed by atoms with van der Waals surface area (Å²) < 4.78 is 0. The summed E-state index contributed by atoms with van der Waals surface area (Å²) in [6.45, 7) is 0.709. The Balaban J connectivity index is 1.52. The number of nitrogens with one attached hydrogen (secondary N) is 2. The number of hydrogen-bond acceptors (Lipinski definition) is 5. The first-order valence-corrected chi connectivity index (χ1v) is 12.5. The fourth-order valence-electron chi connectivity index (χ4n) is 3.58. The summed E-state index contributed by atoms with van der Waals surface area (Å²) in [5.41, 5.74) is 16.3. The van der Waals surface area contributed by atoms with Crippen molar-refractivity contribution in [2.75, 3.05) is 5.43 Å². The lowest BCUT2D eigenvalue weighted by Gasteiger charge is -2.10. The minimum atomic E-state index is 0.350. The average Bonchev–Trinajstić information content (AvgIpc) is 2.94. The Labute approximate surface area is 231 Å². The molecule has 4 aromatic rings. The topological polar surface area (TPSA) is 126 Å². The van der Waals surface area contributed by atoms with Crippen molar-refractivity contribution in [1.82, 2.24) is 5.43 Å². The Bertz CT molecular complexity index is 1480. The molecule has 38 heavy (non-hydrogen) atoms. The van der Waals surface area contributed by atoms with Crippen molar-refractivity contribution in [3.05, 3.63) is 129 Å². The highest BCUT2D eigenvalue weighted by atomic mass is 35.5. The quantitative estimate of drug-likeness (QED) is 0.0637. The lowest BCUT2D eigenvalue weighted by Crippen LogP contribution is -2.31. The van der Waals surface area contributed by atoms with Crippen molar-refractivity contribution in [3.63, 3.8) is 0 Å². The number of hydrogen-bond donors (Lipinski definition) is 4. The van der Waals surface area contributed by atoms with Crippen LogP contribution in [0.1, 0.15) is 22.3 Å². The minimum absolute atomic E-state index is 0.350. The minimum Gasteiger partial charge on any atom is -0.383 e. The molecule has 0 atom stereocenters. The predicted molar refractivity (Wildman–Crippen MR) is 156 cm³/mol. The van der Waals surface area contributed by atoms with Crippen LogP contribution in [0.4, 0.5) is 11.4 Å². The molecule has 6 N–H and O–H groups in total. The molecule has 0 aliphatic heterocycles. The molecule has 0 spiro atoms. The highest BCUT2D eigenvalue weighted by molar-refractivity contribution is 6.31. The molecule has 4 aromatic carbocycles. The lowest BCUT2D eigenvalue weighted by atomic mass is 10.1. The van der Waals surface area contributed by atoms with E-state index < -0.39 is 0 Å². The molecule has 4 rings (SSSR count). The van der Waals surface area contributed by atoms with Gasteiger partial charge in [-0.2, -0.15) is 0 Å². The molecule has 0 bridgehead atoms. The van der Waals surface area contributed by atoms with E-state index in [0.29, 0.717) is 57.3 Å². The molecule has 8 nitrogen and oxygen atoms in total. The highest BCUT2D eigenvalue weighted by Crippen LogP contribution is 2.22. The molecule has 0 saturated carbocycles. The Kier molecular flexibility index (Phi) is 9.42. The van der Waals surface area contributed by atoms with Crippen molar-refractivity contribution >= 4 is 46.2 Å². The second kappa shape index (κ2) is 13.3. The Morgan fingerprint density at radius 1 is 0.684 bits per heavy atom. The second-order valence-corrected chi connectivity index (χ2v) is 8.88. The van der Waals surface area contributed by atoms with E-state index in [1.54, 1.807) is 0 Å². The van der Waals surface area contributed by atoms with Gasteiger partial charge >= 0.3 is 0 Å². The number of anilines is 1. The SMILES string of the molecule is NNC(=NCc1ccccc1Cl)c1ccccc1N=NNc1ccccc1C(N)=NCc1ccccc1Cl. The standard InChI is InChI=1S/C28H26Cl2N8/c29-23-13-5-1-9-19(23)17-33-27(31)21-11-3-7-15-25(21)36-38-37-26-16-8-4-12-22(26)28(35-32)34-18-20-10-2-6-14-24(20)30/h1-16H,17-18,32H2,(H2,31,33)(H,34,35)(H,36,37). The zero-order chi connectivity index (χ0) is 26.7. The van der Waals surface area contributed by atoms with Crippen LogP contribution in [0.3, 0.4) is 0 Å². The van der Waals surface area contributed by atoms with Crippen LogP contribution in [0.15, 0.2) is 117 Å². The van der Waals surface area contributed by atoms with E-state index in [4.69, 9.17) is 34.8 Å². The molecular weight excluding hydrogens is 519 g/mol. The van der Waals surface area contributed by atoms with Gasteiger partial charge in [0, 0.05) is 21.2 Å². The van der Waals surface area contributed by atoms with Crippen LogP contribution in [0, 0.1) is 0 Å². The average molecular weight is 545 g/mol. The van der Waals surface area contributed by atoms with Gasteiger partial charge in [-0.05, 0) is 47.5 Å². The third kappa shape index (κ3) is 6.95. The summed E-state index contributed by atoms with van der Waals surface area (Å²) in [5, 5.41) is 9.84. The number of nitrogens with zero attached hydrogens (tertiary/aromatic N) is 4. The molecular formula is C28H26Cl2N8. The van der Waals surface area contributed by atoms with Gasteiger partial charge in [0.25, 0.3) is 0 Å². The maximum atomic E-state index is 6.30. The molecule has 0 aromatic heterocycles. The third-order valence-corrected chi connectivity index (χ3v) is 6.31. The number of benzene rings is 4. The van der Waals surface area contributed by atoms with Crippen LogP contribution in [-0.4, -0.2) is 11.7 Å². The van der Waals surface area contributed by atoms with Crippen LogP contribution < -0.4 is 22.4 Å². The van der Waals surface area contributed by atoms with Crippen LogP contribution in [0.5, 0.6) is 0 Å². The smallest absolute Gasteiger partial charge is 0.145 e. The molecule has 0 aliphatic rings. The molecule has 0 amide bonds. The maximum Gasteiger partial charge on any atom is 0.145 e. The molecule has 0 aliphatic carbocycles. The summed E-state index contributed by atoms with van der Waals surface area (Å²) in [5.74, 6) is 6.60. The molecule has 0 saturated heterocycles. The Morgan fingerprint density at radius 3 is 1.89 bits per heavy atom. The summed E-state index contributed by atoms with van der Waals surface area (Å²) in [4.78, 5) is 9.09. The third-order valence-electron chi connectivity index (χ3n) is 5.57. The van der Waals surface area contributed by atoms with Gasteiger partial charge in [0.2, 0.25) is 0 Å². The first-order valence-electron chi connectivity index (χ1n) is 11.7. The van der Waals surface area contributed by atoms with Gasteiger partial charge in [-0.15, -0.1) is 5.11 Å². The van der Waals surface area contributed by atoms with Crippen molar-refractivity contribution in [2.24, 2.45) is 31.9 Å². The number of halogens is 2. The second-order valence-electron chi connectivity index (χ2n) is 8.07. The van der Waals surface area contributed by atoms with E-state index >= 15 is 0 Å². The van der Waals surface area contributed by atoms with Crippen molar-refractivity contribution < 1.29 is 0 Å². The molecule has 0 radical (unpaired) electrons. The number of aliphatic imine (C=N–C) groups is 2. The van der Waals surface area contributed by atoms with Crippen molar-refractivity contribution in [1.29, 1.82) is 0 Å². The zero-order valence-corrected chi connectivity index (χ0v) is 21.9. The highest BCUT2D eigenvalue weighted by Gasteiger charge is 2.10. The summed E-state index contributed by atoms with van der Waals surface area (Å²) in [6, 6.07) is 29.9. The normalized spacial score (nSPS) is 12.1. The summed E-state index contributed by atoms with van der Waals surface area (Å²) in [7, 11) is 0. The lowest BCUT2D eigenvalue weighted by molar-refractivity contribution is 0.972. The first kappa shape index (κ1) is 26.8. The molecule has 192 valence electrons. The molecule has 0 fully saturated rings. The molecule has 10 heteroatoms. The van der Waals surface area contributed by atoms with Crippen LogP contribution >= 0.6 is 23.2 Å². The van der Waals surface area contributed by atoms with E-state index in [9.17, 15) is 0 Å². The van der Waals surface area contributed by atoms with Gasteiger partial charge < -0.3 is 11.2 Å². The van der Waals surface area contributed by atoms with Gasteiger partial charge in [-0.1, -0.05) is 89.1 Å². The molecule has 0 heterocycles. The van der Waals surface area contributed by atoms with Crippen molar-refractivity contribution in [2.45, 2.75) is 13.1 Å². The van der Waals surface area contributed by atoms with Gasteiger partial charge in [0.15, 0.2) is 0 Å². The fourth-order valence-corrected chi connectivity index (χ4v) is 3.97. The van der Waals surface area contributed by atoms with E-state index in [1.165, 1.54) is 0 Å². The number of hydrazine groups is 1. The van der Waals surface area contributed by atoms with Crippen LogP contribution in [-0.2, 0) is 13.1 Å². The first-order chi connectivity index (χ1) is 18.6. The summed E-state index contributed by atoms with van der Waals surface area (Å²) in [6.07, 6.45) is 0. The Hall–Kier alpha value is -4.24. The number of rotatable bonds is 9. The number of para-hydroxylation sites is 1. The fraction of sp³-hybridized carbons (Fsp3) is 0.0714. The monoisotopic (exact) mass is 544 g/mol. The van der Waals surface area contributed by atoms with E-state index in [-0.39, 0.29) is 0 Å². The van der Waals surface area contributed by atoms with Crippen LogP contribution in [0.2, 0.25) is 10.0 Å². The van der Waals surface area contributed by atoms with E-state index in [0.717, 1.165) is 11.1 Å². The summed E-state index contributed by atoms with van der Waals surface area (Å²) >= 11 is 12.5. The predicted octanol–water partition coefficient (Wildman–Crippen LogP) is 6.42. The zero-order valence-electron chi connectivity index (χ0n) is 20.4. The molecule has 0 unspecified atom stereocenters. The van der Waals surface area contributed by atoms with Gasteiger partial charge in [-0.3, -0.25) is 15.4 Å². The van der Waals surface area contributed by atoms with Crippen LogP contribution in [0.25, 0.3) is 0 Å². The largest absolute Gasteiger partial charge is 0.383 e. The Morgan fingerprint density at radius 2 is 1.24 bits per heavy atom. The van der Waals surface area contributed by atoms with Gasteiger partial charge in [-0.25, -0.2) is 5.84 Å². The van der Waals surface area contributed by atoms with E-state index in [1.807, 2.05) is 97.1 Å². The van der Waals surface area contributed by atoms with Crippen molar-refractivity contribution in [3.8, 4) is 0 Å². The van der Waals surface area contributed by atoms with Gasteiger partial charge in [0.05, 0.1) is 24.5 Å². The van der Waals surface area contributed by atoms with E-state index in [2.05, 4.69) is 31.2 Å².